The minimum absolute atomic E-state index is 0.126. The summed E-state index contributed by atoms with van der Waals surface area (Å²) in [6, 6.07) is 5.80. The predicted octanol–water partition coefficient (Wildman–Crippen LogP) is 3.25. The summed E-state index contributed by atoms with van der Waals surface area (Å²) in [7, 11) is -4.32. The zero-order valence-electron chi connectivity index (χ0n) is 9.25. The van der Waals surface area contributed by atoms with Crippen molar-refractivity contribution in [3.05, 3.63) is 24.3 Å². The molecule has 0 aliphatic carbocycles. The van der Waals surface area contributed by atoms with Crippen molar-refractivity contribution in [3.8, 4) is 11.5 Å². The first kappa shape index (κ1) is 14.3. The second-order valence-electron chi connectivity index (χ2n) is 3.33. The zero-order chi connectivity index (χ0) is 12.9. The van der Waals surface area contributed by atoms with Gasteiger partial charge in [0.15, 0.2) is 11.5 Å². The van der Waals surface area contributed by atoms with E-state index in [-0.39, 0.29) is 11.5 Å². The first-order chi connectivity index (χ1) is 7.94. The van der Waals surface area contributed by atoms with Crippen LogP contribution in [0.1, 0.15) is 19.8 Å². The van der Waals surface area contributed by atoms with E-state index in [0.29, 0.717) is 12.8 Å². The van der Waals surface area contributed by atoms with E-state index in [2.05, 4.69) is 4.52 Å². The summed E-state index contributed by atoms with van der Waals surface area (Å²) >= 11 is 5.67. The van der Waals surface area contributed by atoms with Gasteiger partial charge in [0.2, 0.25) is 0 Å². The minimum atomic E-state index is -4.32. The lowest BCUT2D eigenvalue weighted by atomic mass is 10.3. The lowest BCUT2D eigenvalue weighted by Gasteiger charge is -2.16. The van der Waals surface area contributed by atoms with E-state index in [1.165, 1.54) is 12.1 Å². The molecule has 5 nitrogen and oxygen atoms in total. The van der Waals surface area contributed by atoms with Gasteiger partial charge in [-0.05, 0) is 18.6 Å². The lowest BCUT2D eigenvalue weighted by molar-refractivity contribution is 0.177. The standard InChI is InChI=1S/C10H14ClO5P/c1-2-5-10(11)16-17(13,14)15-9-7-4-3-6-8(9)12/h3-4,6-7,10,12H,2,5H2,1H3,(H,13,14)/t10-/m1/s1. The van der Waals surface area contributed by atoms with E-state index in [0.717, 1.165) is 0 Å². The first-order valence-corrected chi connectivity index (χ1v) is 7.00. The molecule has 2 atom stereocenters. The highest BCUT2D eigenvalue weighted by Crippen LogP contribution is 2.48. The second-order valence-corrected chi connectivity index (χ2v) is 5.15. The largest absolute Gasteiger partial charge is 0.529 e. The van der Waals surface area contributed by atoms with Gasteiger partial charge in [0.25, 0.3) is 0 Å². The highest BCUT2D eigenvalue weighted by atomic mass is 35.5. The molecule has 0 heterocycles. The number of aromatic hydroxyl groups is 1. The summed E-state index contributed by atoms with van der Waals surface area (Å²) in [6.07, 6.45) is 1.14. The molecule has 1 aromatic carbocycles. The van der Waals surface area contributed by atoms with E-state index in [1.807, 2.05) is 6.92 Å². The number of alkyl halides is 1. The Balaban J connectivity index is 2.67. The van der Waals surface area contributed by atoms with Crippen LogP contribution in [0, 0.1) is 0 Å². The van der Waals surface area contributed by atoms with E-state index in [9.17, 15) is 14.6 Å². The molecule has 0 spiro atoms. The molecule has 2 N–H and O–H groups in total. The minimum Gasteiger partial charge on any atom is -0.504 e. The second kappa shape index (κ2) is 6.26. The number of benzene rings is 1. The Kier molecular flexibility index (Phi) is 5.28. The third kappa shape index (κ3) is 4.96. The number of phenolic OH excluding ortho intramolecular Hbond substituents is 1. The number of phosphoric acid groups is 1. The van der Waals surface area contributed by atoms with Gasteiger partial charge >= 0.3 is 7.82 Å². The van der Waals surface area contributed by atoms with Crippen LogP contribution >= 0.6 is 19.4 Å². The van der Waals surface area contributed by atoms with Gasteiger partial charge in [-0.25, -0.2) is 4.57 Å². The van der Waals surface area contributed by atoms with Crippen LogP contribution in [0.25, 0.3) is 0 Å². The van der Waals surface area contributed by atoms with Gasteiger partial charge in [-0.2, -0.15) is 0 Å². The van der Waals surface area contributed by atoms with E-state index < -0.39 is 13.4 Å². The fourth-order valence-electron chi connectivity index (χ4n) is 1.10. The van der Waals surface area contributed by atoms with Gasteiger partial charge < -0.3 is 9.63 Å². The smallest absolute Gasteiger partial charge is 0.504 e. The molecular weight excluding hydrogens is 267 g/mol. The predicted molar refractivity (Wildman–Crippen MR) is 64.2 cm³/mol. The molecule has 0 bridgehead atoms. The maximum Gasteiger partial charge on any atom is 0.529 e. The van der Waals surface area contributed by atoms with Crippen molar-refractivity contribution >= 4 is 19.4 Å². The maximum absolute atomic E-state index is 11.5. The van der Waals surface area contributed by atoms with Gasteiger partial charge in [-0.3, -0.25) is 9.42 Å². The maximum atomic E-state index is 11.5. The fourth-order valence-corrected chi connectivity index (χ4v) is 2.47. The number of phenols is 1. The van der Waals surface area contributed by atoms with Crippen LogP contribution < -0.4 is 4.52 Å². The Morgan fingerprint density at radius 1 is 1.47 bits per heavy atom. The van der Waals surface area contributed by atoms with Crippen LogP contribution in [0.5, 0.6) is 11.5 Å². The van der Waals surface area contributed by atoms with Crippen LogP contribution in [0.2, 0.25) is 0 Å². The molecule has 1 unspecified atom stereocenters. The lowest BCUT2D eigenvalue weighted by Crippen LogP contribution is -2.06. The molecule has 0 amide bonds. The molecule has 1 aromatic rings. The van der Waals surface area contributed by atoms with Crippen molar-refractivity contribution in [3.63, 3.8) is 0 Å². The number of hydrogen-bond donors (Lipinski definition) is 2. The highest BCUT2D eigenvalue weighted by Gasteiger charge is 2.27. The Hall–Kier alpha value is -0.740. The third-order valence-electron chi connectivity index (χ3n) is 1.84. The molecule has 0 aliphatic heterocycles. The highest BCUT2D eigenvalue weighted by molar-refractivity contribution is 7.47. The Morgan fingerprint density at radius 3 is 2.71 bits per heavy atom. The summed E-state index contributed by atoms with van der Waals surface area (Å²) in [5, 5.41) is 9.37. The van der Waals surface area contributed by atoms with E-state index in [4.69, 9.17) is 16.1 Å². The summed E-state index contributed by atoms with van der Waals surface area (Å²) < 4.78 is 20.9. The molecule has 96 valence electrons. The molecule has 0 saturated carbocycles. The quantitative estimate of drug-likeness (QED) is 0.618. The van der Waals surface area contributed by atoms with Crippen molar-refractivity contribution in [2.24, 2.45) is 0 Å². The number of hydrogen-bond acceptors (Lipinski definition) is 4. The summed E-state index contributed by atoms with van der Waals surface area (Å²) in [4.78, 5) is 9.40. The average Bonchev–Trinajstić information content (AvgIpc) is 2.20. The van der Waals surface area contributed by atoms with Crippen LogP contribution in [0.3, 0.4) is 0 Å². The van der Waals surface area contributed by atoms with Crippen molar-refractivity contribution in [1.29, 1.82) is 0 Å². The Bertz CT molecular complexity index is 411. The molecule has 0 aliphatic rings. The van der Waals surface area contributed by atoms with Gasteiger partial charge in [-0.1, -0.05) is 37.1 Å². The molecule has 17 heavy (non-hydrogen) atoms. The van der Waals surface area contributed by atoms with E-state index in [1.54, 1.807) is 12.1 Å². The summed E-state index contributed by atoms with van der Waals surface area (Å²) in [5.74, 6) is -0.370. The van der Waals surface area contributed by atoms with Crippen LogP contribution in [0.4, 0.5) is 0 Å². The Labute approximate surface area is 105 Å². The molecule has 1 rings (SSSR count). The number of phosphoric ester groups is 1. The molecular formula is C10H14ClO5P. The third-order valence-corrected chi connectivity index (χ3v) is 3.22. The molecule has 7 heteroatoms. The molecule has 0 fully saturated rings. The van der Waals surface area contributed by atoms with Crippen LogP contribution in [0.15, 0.2) is 24.3 Å². The monoisotopic (exact) mass is 280 g/mol. The number of para-hydroxylation sites is 2. The fraction of sp³-hybridized carbons (Fsp3) is 0.400. The first-order valence-electron chi connectivity index (χ1n) is 5.07. The SMILES string of the molecule is CCC[C@H](Cl)OP(=O)(O)Oc1ccccc1O. The molecule has 0 aromatic heterocycles. The van der Waals surface area contributed by atoms with Crippen LogP contribution in [-0.4, -0.2) is 15.6 Å². The summed E-state index contributed by atoms with van der Waals surface area (Å²) in [6.45, 7) is 1.87. The number of halogens is 1. The Morgan fingerprint density at radius 2 is 2.12 bits per heavy atom. The molecule has 0 saturated heterocycles. The normalized spacial score (nSPS) is 16.2. The van der Waals surface area contributed by atoms with E-state index >= 15 is 0 Å². The van der Waals surface area contributed by atoms with Gasteiger partial charge in [0, 0.05) is 0 Å². The zero-order valence-corrected chi connectivity index (χ0v) is 10.9. The van der Waals surface area contributed by atoms with Crippen molar-refractivity contribution in [2.75, 3.05) is 0 Å². The topological polar surface area (TPSA) is 76.0 Å². The number of rotatable bonds is 6. The van der Waals surface area contributed by atoms with Crippen molar-refractivity contribution in [1.82, 2.24) is 0 Å². The van der Waals surface area contributed by atoms with Crippen molar-refractivity contribution < 1.29 is 23.6 Å². The molecule has 0 radical (unpaired) electrons. The summed E-state index contributed by atoms with van der Waals surface area (Å²) in [5.41, 5.74) is -0.901. The van der Waals surface area contributed by atoms with Crippen LogP contribution in [-0.2, 0) is 9.09 Å². The van der Waals surface area contributed by atoms with Gasteiger partial charge in [0.05, 0.1) is 0 Å². The van der Waals surface area contributed by atoms with Gasteiger partial charge in [0.1, 0.15) is 5.56 Å². The van der Waals surface area contributed by atoms with Gasteiger partial charge in [-0.15, -0.1) is 0 Å². The average molecular weight is 281 g/mol. The van der Waals surface area contributed by atoms with Crippen molar-refractivity contribution in [2.45, 2.75) is 25.3 Å².